The molecule has 0 aliphatic rings. The molecule has 3 rings (SSSR count). The maximum atomic E-state index is 12.5. The van der Waals surface area contributed by atoms with Gasteiger partial charge in [-0.3, -0.25) is 4.79 Å². The summed E-state index contributed by atoms with van der Waals surface area (Å²) in [6.07, 6.45) is 0.644. The van der Waals surface area contributed by atoms with Gasteiger partial charge < -0.3 is 5.32 Å². The molecule has 1 amide bonds. The van der Waals surface area contributed by atoms with Crippen molar-refractivity contribution < 1.29 is 4.79 Å². The number of nitrogens with zero attached hydrogens (tertiary/aromatic N) is 3. The summed E-state index contributed by atoms with van der Waals surface area (Å²) in [4.78, 5) is 21.2. The number of halogens is 1. The quantitative estimate of drug-likeness (QED) is 0.737. The highest BCUT2D eigenvalue weighted by Crippen LogP contribution is 2.21. The van der Waals surface area contributed by atoms with Gasteiger partial charge in [-0.05, 0) is 49.6 Å². The fourth-order valence-electron chi connectivity index (χ4n) is 2.40. The first-order chi connectivity index (χ1) is 12.0. The molecule has 0 saturated carbocycles. The zero-order valence-electron chi connectivity index (χ0n) is 13.9. The van der Waals surface area contributed by atoms with Gasteiger partial charge in [0.25, 0.3) is 5.91 Å². The van der Waals surface area contributed by atoms with Crippen molar-refractivity contribution in [3.8, 4) is 11.3 Å². The second-order valence-electron chi connectivity index (χ2n) is 5.73. The second-order valence-corrected chi connectivity index (χ2v) is 7.01. The molecule has 1 aromatic carbocycles. The SMILES string of the molecule is Cc1nsc(CC(C)NC(=O)c2cccc(-c3cccc(Cl)c3)n2)n1. The van der Waals surface area contributed by atoms with Gasteiger partial charge in [0.1, 0.15) is 16.5 Å². The molecule has 128 valence electrons. The van der Waals surface area contributed by atoms with Crippen molar-refractivity contribution >= 4 is 29.0 Å². The van der Waals surface area contributed by atoms with Crippen LogP contribution in [-0.2, 0) is 6.42 Å². The maximum absolute atomic E-state index is 12.5. The van der Waals surface area contributed by atoms with Crippen LogP contribution in [0.4, 0.5) is 0 Å². The van der Waals surface area contributed by atoms with E-state index in [-0.39, 0.29) is 11.9 Å². The Morgan fingerprint density at radius 3 is 2.76 bits per heavy atom. The molecule has 1 N–H and O–H groups in total. The predicted molar refractivity (Wildman–Crippen MR) is 100.0 cm³/mol. The smallest absolute Gasteiger partial charge is 0.270 e. The molecule has 0 aliphatic carbocycles. The minimum Gasteiger partial charge on any atom is -0.348 e. The van der Waals surface area contributed by atoms with Crippen LogP contribution in [0.2, 0.25) is 5.02 Å². The van der Waals surface area contributed by atoms with Crippen molar-refractivity contribution in [1.82, 2.24) is 19.7 Å². The third-order valence-electron chi connectivity index (χ3n) is 3.53. The lowest BCUT2D eigenvalue weighted by molar-refractivity contribution is 0.0935. The Hall–Kier alpha value is -2.31. The third kappa shape index (κ3) is 4.61. The first kappa shape index (κ1) is 17.5. The minimum absolute atomic E-state index is 0.0588. The normalized spacial score (nSPS) is 12.0. The predicted octanol–water partition coefficient (Wildman–Crippen LogP) is 3.92. The third-order valence-corrected chi connectivity index (χ3v) is 4.59. The van der Waals surface area contributed by atoms with Crippen LogP contribution < -0.4 is 5.32 Å². The summed E-state index contributed by atoms with van der Waals surface area (Å²) in [6.45, 7) is 3.80. The number of hydrogen-bond acceptors (Lipinski definition) is 5. The fraction of sp³-hybridized carbons (Fsp3) is 0.222. The van der Waals surface area contributed by atoms with E-state index in [9.17, 15) is 4.79 Å². The van der Waals surface area contributed by atoms with Gasteiger partial charge in [-0.25, -0.2) is 9.97 Å². The van der Waals surface area contributed by atoms with E-state index in [0.29, 0.717) is 22.8 Å². The summed E-state index contributed by atoms with van der Waals surface area (Å²) < 4.78 is 4.15. The summed E-state index contributed by atoms with van der Waals surface area (Å²) in [5.41, 5.74) is 1.96. The Bertz CT molecular complexity index is 896. The summed E-state index contributed by atoms with van der Waals surface area (Å²) in [5.74, 6) is 0.548. The number of nitrogens with one attached hydrogen (secondary N) is 1. The molecule has 1 atom stereocenters. The summed E-state index contributed by atoms with van der Waals surface area (Å²) in [5, 5.41) is 4.50. The molecule has 7 heteroatoms. The molecular weight excluding hydrogens is 356 g/mol. The average molecular weight is 373 g/mol. The Morgan fingerprint density at radius 1 is 1.24 bits per heavy atom. The molecule has 0 aliphatic heterocycles. The van der Waals surface area contributed by atoms with Gasteiger partial charge in [0.15, 0.2) is 0 Å². The van der Waals surface area contributed by atoms with Crippen LogP contribution >= 0.6 is 23.1 Å². The first-order valence-electron chi connectivity index (χ1n) is 7.84. The van der Waals surface area contributed by atoms with Crippen LogP contribution in [0.1, 0.15) is 28.2 Å². The summed E-state index contributed by atoms with van der Waals surface area (Å²) in [7, 11) is 0. The Morgan fingerprint density at radius 2 is 2.04 bits per heavy atom. The van der Waals surface area contributed by atoms with E-state index in [1.54, 1.807) is 12.1 Å². The van der Waals surface area contributed by atoms with Crippen molar-refractivity contribution in [2.75, 3.05) is 0 Å². The van der Waals surface area contributed by atoms with Crippen molar-refractivity contribution in [3.63, 3.8) is 0 Å². The monoisotopic (exact) mass is 372 g/mol. The lowest BCUT2D eigenvalue weighted by Gasteiger charge is -2.12. The van der Waals surface area contributed by atoms with E-state index in [1.807, 2.05) is 44.2 Å². The maximum Gasteiger partial charge on any atom is 0.270 e. The number of aromatic nitrogens is 3. The zero-order valence-corrected chi connectivity index (χ0v) is 15.4. The average Bonchev–Trinajstić information content (AvgIpc) is 2.99. The van der Waals surface area contributed by atoms with Crippen LogP contribution in [0.3, 0.4) is 0 Å². The molecule has 25 heavy (non-hydrogen) atoms. The summed E-state index contributed by atoms with van der Waals surface area (Å²) >= 11 is 7.39. The van der Waals surface area contributed by atoms with E-state index in [4.69, 9.17) is 11.6 Å². The molecule has 0 bridgehead atoms. The van der Waals surface area contributed by atoms with Gasteiger partial charge in [-0.15, -0.1) is 0 Å². The van der Waals surface area contributed by atoms with Crippen molar-refractivity contribution in [3.05, 3.63) is 64.0 Å². The van der Waals surface area contributed by atoms with Gasteiger partial charge in [-0.2, -0.15) is 4.37 Å². The number of pyridine rings is 1. The number of rotatable bonds is 5. The van der Waals surface area contributed by atoms with Crippen LogP contribution in [0, 0.1) is 6.92 Å². The molecule has 0 radical (unpaired) electrons. The van der Waals surface area contributed by atoms with E-state index >= 15 is 0 Å². The number of carbonyl (C=O) groups excluding carboxylic acids is 1. The number of hydrogen-bond donors (Lipinski definition) is 1. The number of benzene rings is 1. The van der Waals surface area contributed by atoms with Crippen molar-refractivity contribution in [2.24, 2.45) is 0 Å². The fourth-order valence-corrected chi connectivity index (χ4v) is 3.37. The van der Waals surface area contributed by atoms with Gasteiger partial charge in [0.05, 0.1) is 5.69 Å². The van der Waals surface area contributed by atoms with Gasteiger partial charge in [-0.1, -0.05) is 29.8 Å². The van der Waals surface area contributed by atoms with Gasteiger partial charge >= 0.3 is 0 Å². The topological polar surface area (TPSA) is 67.8 Å². The largest absolute Gasteiger partial charge is 0.348 e. The number of amides is 1. The molecule has 0 saturated heterocycles. The van der Waals surface area contributed by atoms with E-state index in [0.717, 1.165) is 16.4 Å². The highest BCUT2D eigenvalue weighted by molar-refractivity contribution is 7.05. The minimum atomic E-state index is -0.211. The van der Waals surface area contributed by atoms with Crippen LogP contribution in [0.25, 0.3) is 11.3 Å². The molecule has 1 unspecified atom stereocenters. The van der Waals surface area contributed by atoms with E-state index in [2.05, 4.69) is 19.7 Å². The lowest BCUT2D eigenvalue weighted by atomic mass is 10.1. The van der Waals surface area contributed by atoms with Crippen LogP contribution in [-0.4, -0.2) is 26.3 Å². The van der Waals surface area contributed by atoms with E-state index in [1.165, 1.54) is 11.5 Å². The standard InChI is InChI=1S/C18H17ClN4OS/c1-11(9-17-21-12(2)23-25-17)20-18(24)16-8-4-7-15(22-16)13-5-3-6-14(19)10-13/h3-8,10-11H,9H2,1-2H3,(H,20,24). The summed E-state index contributed by atoms with van der Waals surface area (Å²) in [6, 6.07) is 12.7. The van der Waals surface area contributed by atoms with Crippen molar-refractivity contribution in [2.45, 2.75) is 26.3 Å². The Balaban J connectivity index is 1.71. The lowest BCUT2D eigenvalue weighted by Crippen LogP contribution is -2.34. The number of aryl methyl sites for hydroxylation is 1. The highest BCUT2D eigenvalue weighted by atomic mass is 35.5. The molecule has 0 spiro atoms. The Labute approximate surface area is 155 Å². The molecule has 2 heterocycles. The zero-order chi connectivity index (χ0) is 17.8. The van der Waals surface area contributed by atoms with Crippen molar-refractivity contribution in [1.29, 1.82) is 0 Å². The second kappa shape index (κ2) is 7.72. The molecule has 3 aromatic rings. The van der Waals surface area contributed by atoms with Gasteiger partial charge in [0, 0.05) is 23.0 Å². The van der Waals surface area contributed by atoms with Crippen LogP contribution in [0.15, 0.2) is 42.5 Å². The Kier molecular flexibility index (Phi) is 5.40. The highest BCUT2D eigenvalue weighted by Gasteiger charge is 2.14. The molecule has 5 nitrogen and oxygen atoms in total. The molecule has 0 fully saturated rings. The molecule has 2 aromatic heterocycles. The van der Waals surface area contributed by atoms with E-state index < -0.39 is 0 Å². The first-order valence-corrected chi connectivity index (χ1v) is 8.99. The molecular formula is C18H17ClN4OS. The van der Waals surface area contributed by atoms with Gasteiger partial charge in [0.2, 0.25) is 0 Å². The number of carbonyl (C=O) groups is 1. The van der Waals surface area contributed by atoms with Crippen LogP contribution in [0.5, 0.6) is 0 Å².